The van der Waals surface area contributed by atoms with E-state index in [0.717, 1.165) is 11.4 Å². The number of ether oxygens (including phenoxy) is 1. The van der Waals surface area contributed by atoms with Crippen molar-refractivity contribution < 1.29 is 9.13 Å². The van der Waals surface area contributed by atoms with Crippen LogP contribution in [0.15, 0.2) is 85.3 Å². The summed E-state index contributed by atoms with van der Waals surface area (Å²) in [5, 5.41) is 17.0. The predicted molar refractivity (Wildman–Crippen MR) is 128 cm³/mol. The smallest absolute Gasteiger partial charge is 0.227 e. The number of benzene rings is 3. The number of nitrogens with zero attached hydrogens (tertiary/aromatic N) is 6. The highest BCUT2D eigenvalue weighted by molar-refractivity contribution is 5.66. The minimum atomic E-state index is -0.354. The third kappa shape index (κ3) is 5.12. The van der Waals surface area contributed by atoms with Gasteiger partial charge >= 0.3 is 0 Å². The van der Waals surface area contributed by atoms with Gasteiger partial charge in [0.2, 0.25) is 5.95 Å². The predicted octanol–water partition coefficient (Wildman–Crippen LogP) is 5.58. The number of hydrogen-bond donors (Lipinski definition) is 1. The summed E-state index contributed by atoms with van der Waals surface area (Å²) in [4.78, 5) is 13.0. The van der Waals surface area contributed by atoms with Crippen molar-refractivity contribution >= 4 is 11.6 Å². The van der Waals surface area contributed by atoms with E-state index >= 15 is 0 Å². The molecule has 5 rings (SSSR count). The fraction of sp³-hybridized carbons (Fsp3) is 0.0385. The van der Waals surface area contributed by atoms with Crippen LogP contribution in [0.25, 0.3) is 16.9 Å². The minimum Gasteiger partial charge on any atom is -0.457 e. The van der Waals surface area contributed by atoms with E-state index in [1.807, 2.05) is 31.2 Å². The standard InChI is InChI=1S/C26H18FN7O/c1-17-30-16-34(33-17)22-6-4-21(5-7-22)31-26-29-11-10-25(32-26)19-12-18(15-28)13-24(14-19)35-23-8-2-20(27)3-9-23/h2-14,16H,1H3,(H,29,31,32). The van der Waals surface area contributed by atoms with Crippen LogP contribution in [-0.2, 0) is 0 Å². The number of anilines is 2. The van der Waals surface area contributed by atoms with Gasteiger partial charge in [-0.3, -0.25) is 0 Å². The van der Waals surface area contributed by atoms with E-state index in [2.05, 4.69) is 31.4 Å². The summed E-state index contributed by atoms with van der Waals surface area (Å²) in [7, 11) is 0. The van der Waals surface area contributed by atoms with Crippen molar-refractivity contribution in [2.45, 2.75) is 6.92 Å². The van der Waals surface area contributed by atoms with Crippen molar-refractivity contribution in [1.29, 1.82) is 5.26 Å². The molecule has 35 heavy (non-hydrogen) atoms. The van der Waals surface area contributed by atoms with E-state index < -0.39 is 0 Å². The normalized spacial score (nSPS) is 10.5. The second kappa shape index (κ2) is 9.41. The number of nitrogens with one attached hydrogen (secondary N) is 1. The molecule has 5 aromatic rings. The van der Waals surface area contributed by atoms with Gasteiger partial charge in [-0.05, 0) is 79.7 Å². The summed E-state index contributed by atoms with van der Waals surface area (Å²) in [5.74, 6) is 1.65. The lowest BCUT2D eigenvalue weighted by atomic mass is 10.1. The number of hydrogen-bond acceptors (Lipinski definition) is 7. The highest BCUT2D eigenvalue weighted by Gasteiger charge is 2.09. The summed E-state index contributed by atoms with van der Waals surface area (Å²) in [5.41, 5.74) is 3.38. The second-order valence-electron chi connectivity index (χ2n) is 7.59. The van der Waals surface area contributed by atoms with Crippen LogP contribution >= 0.6 is 0 Å². The van der Waals surface area contributed by atoms with Crippen molar-refractivity contribution in [2.24, 2.45) is 0 Å². The maximum absolute atomic E-state index is 13.2. The molecule has 2 aromatic heterocycles. The molecule has 0 aliphatic heterocycles. The molecule has 1 N–H and O–H groups in total. The van der Waals surface area contributed by atoms with Crippen LogP contribution in [0.2, 0.25) is 0 Å². The molecule has 0 amide bonds. The lowest BCUT2D eigenvalue weighted by molar-refractivity contribution is 0.480. The van der Waals surface area contributed by atoms with E-state index in [4.69, 9.17) is 4.74 Å². The van der Waals surface area contributed by atoms with Gasteiger partial charge in [0, 0.05) is 17.4 Å². The van der Waals surface area contributed by atoms with Crippen LogP contribution < -0.4 is 10.1 Å². The van der Waals surface area contributed by atoms with Gasteiger partial charge < -0.3 is 10.1 Å². The van der Waals surface area contributed by atoms with E-state index in [-0.39, 0.29) is 5.82 Å². The molecule has 0 saturated heterocycles. The summed E-state index contributed by atoms with van der Waals surface area (Å²) in [6, 6.07) is 22.3. The third-order valence-electron chi connectivity index (χ3n) is 5.03. The maximum Gasteiger partial charge on any atom is 0.227 e. The Bertz CT molecular complexity index is 1520. The third-order valence-corrected chi connectivity index (χ3v) is 5.03. The van der Waals surface area contributed by atoms with Gasteiger partial charge in [0.1, 0.15) is 29.5 Å². The summed E-state index contributed by atoms with van der Waals surface area (Å²) >= 11 is 0. The van der Waals surface area contributed by atoms with Crippen molar-refractivity contribution in [3.8, 4) is 34.5 Å². The van der Waals surface area contributed by atoms with Crippen LogP contribution in [-0.4, -0.2) is 24.7 Å². The van der Waals surface area contributed by atoms with Crippen LogP contribution in [0.4, 0.5) is 16.0 Å². The molecule has 0 bridgehead atoms. The Morgan fingerprint density at radius 2 is 1.74 bits per heavy atom. The Morgan fingerprint density at radius 3 is 2.46 bits per heavy atom. The summed E-state index contributed by atoms with van der Waals surface area (Å²) < 4.78 is 20.7. The Kier molecular flexibility index (Phi) is 5.84. The lowest BCUT2D eigenvalue weighted by Gasteiger charge is -2.10. The van der Waals surface area contributed by atoms with Crippen LogP contribution in [0.1, 0.15) is 11.4 Å². The Labute approximate surface area is 200 Å². The largest absolute Gasteiger partial charge is 0.457 e. The fourth-order valence-corrected chi connectivity index (χ4v) is 3.39. The Balaban J connectivity index is 1.38. The first-order valence-corrected chi connectivity index (χ1v) is 10.6. The van der Waals surface area contributed by atoms with Crippen LogP contribution in [0.3, 0.4) is 0 Å². The number of nitriles is 1. The van der Waals surface area contributed by atoms with Crippen molar-refractivity contribution in [3.63, 3.8) is 0 Å². The molecule has 2 heterocycles. The minimum absolute atomic E-state index is 0.354. The van der Waals surface area contributed by atoms with Gasteiger partial charge in [0.15, 0.2) is 0 Å². The first-order chi connectivity index (χ1) is 17.1. The van der Waals surface area contributed by atoms with Crippen molar-refractivity contribution in [2.75, 3.05) is 5.32 Å². The first kappa shape index (κ1) is 21.7. The quantitative estimate of drug-likeness (QED) is 0.351. The molecule has 0 saturated carbocycles. The Morgan fingerprint density at radius 1 is 0.943 bits per heavy atom. The molecule has 3 aromatic carbocycles. The average Bonchev–Trinajstić information content (AvgIpc) is 3.32. The van der Waals surface area contributed by atoms with E-state index in [9.17, 15) is 9.65 Å². The van der Waals surface area contributed by atoms with E-state index in [0.29, 0.717) is 40.1 Å². The van der Waals surface area contributed by atoms with Crippen molar-refractivity contribution in [1.82, 2.24) is 24.7 Å². The highest BCUT2D eigenvalue weighted by atomic mass is 19.1. The zero-order valence-electron chi connectivity index (χ0n) is 18.6. The molecule has 0 aliphatic rings. The van der Waals surface area contributed by atoms with E-state index in [1.54, 1.807) is 41.5 Å². The van der Waals surface area contributed by atoms with Gasteiger partial charge in [-0.2, -0.15) is 10.4 Å². The summed E-state index contributed by atoms with van der Waals surface area (Å²) in [6.45, 7) is 1.83. The first-order valence-electron chi connectivity index (χ1n) is 10.6. The molecule has 0 radical (unpaired) electrons. The molecule has 0 atom stereocenters. The van der Waals surface area contributed by atoms with Gasteiger partial charge in [-0.25, -0.2) is 24.0 Å². The molecule has 0 unspecified atom stereocenters. The average molecular weight is 463 g/mol. The SMILES string of the molecule is Cc1ncn(-c2ccc(Nc3nccc(-c4cc(C#N)cc(Oc5ccc(F)cc5)c4)n3)cc2)n1. The number of aromatic nitrogens is 5. The molecule has 170 valence electrons. The second-order valence-corrected chi connectivity index (χ2v) is 7.59. The lowest BCUT2D eigenvalue weighted by Crippen LogP contribution is -1.99. The van der Waals surface area contributed by atoms with Gasteiger partial charge in [-0.1, -0.05) is 0 Å². The highest BCUT2D eigenvalue weighted by Crippen LogP contribution is 2.29. The fourth-order valence-electron chi connectivity index (χ4n) is 3.39. The van der Waals surface area contributed by atoms with Gasteiger partial charge in [-0.15, -0.1) is 0 Å². The molecule has 0 spiro atoms. The zero-order chi connectivity index (χ0) is 24.2. The summed E-state index contributed by atoms with van der Waals surface area (Å²) in [6.07, 6.45) is 3.30. The number of halogens is 1. The Hall–Kier alpha value is -5.10. The number of rotatable bonds is 6. The maximum atomic E-state index is 13.2. The zero-order valence-corrected chi connectivity index (χ0v) is 18.6. The van der Waals surface area contributed by atoms with Crippen LogP contribution in [0, 0.1) is 24.1 Å². The van der Waals surface area contributed by atoms with Crippen molar-refractivity contribution in [3.05, 3.63) is 103 Å². The molecular weight excluding hydrogens is 445 g/mol. The molecule has 8 nitrogen and oxygen atoms in total. The molecule has 9 heteroatoms. The van der Waals surface area contributed by atoms with Crippen LogP contribution in [0.5, 0.6) is 11.5 Å². The number of aryl methyl sites for hydroxylation is 1. The van der Waals surface area contributed by atoms with Gasteiger partial charge in [0.25, 0.3) is 0 Å². The monoisotopic (exact) mass is 463 g/mol. The molecular formula is C26H18FN7O. The molecule has 0 aliphatic carbocycles. The molecule has 0 fully saturated rings. The van der Waals surface area contributed by atoms with Gasteiger partial charge in [0.05, 0.1) is 23.0 Å². The topological polar surface area (TPSA) is 102 Å². The van der Waals surface area contributed by atoms with E-state index in [1.165, 1.54) is 24.3 Å².